The van der Waals surface area contributed by atoms with Crippen LogP contribution in [0.4, 0.5) is 5.95 Å². The van der Waals surface area contributed by atoms with Gasteiger partial charge in [0.2, 0.25) is 0 Å². The Morgan fingerprint density at radius 1 is 1.44 bits per heavy atom. The minimum Gasteiger partial charge on any atom is -0.288 e. The molecule has 7 heteroatoms. The average Bonchev–Trinajstić information content (AvgIpc) is 2.78. The molecule has 0 aliphatic rings. The molecule has 0 aliphatic heterocycles. The number of halogens is 1. The molecule has 0 bridgehead atoms. The molecule has 6 nitrogen and oxygen atoms in total. The molecular formula is C11H10BrN5O. The van der Waals surface area contributed by atoms with Crippen LogP contribution in [0.3, 0.4) is 0 Å². The van der Waals surface area contributed by atoms with Gasteiger partial charge in [-0.3, -0.25) is 10.1 Å². The van der Waals surface area contributed by atoms with Gasteiger partial charge in [-0.2, -0.15) is 4.80 Å². The Kier molecular flexibility index (Phi) is 3.83. The molecule has 1 N–H and O–H groups in total. The van der Waals surface area contributed by atoms with Gasteiger partial charge in [0.1, 0.15) is 0 Å². The molecule has 0 radical (unpaired) electrons. The summed E-state index contributed by atoms with van der Waals surface area (Å²) in [5.74, 6) is -0.106. The summed E-state index contributed by atoms with van der Waals surface area (Å²) in [4.78, 5) is 13.2. The first-order chi connectivity index (χ1) is 8.69. The van der Waals surface area contributed by atoms with Crippen molar-refractivity contribution in [2.45, 2.75) is 6.54 Å². The molecule has 1 heterocycles. The van der Waals surface area contributed by atoms with Crippen molar-refractivity contribution in [2.24, 2.45) is 0 Å². The predicted octanol–water partition coefficient (Wildman–Crippen LogP) is 1.87. The normalized spacial score (nSPS) is 10.1. The maximum absolute atomic E-state index is 11.8. The number of carbonyl (C=O) groups is 1. The van der Waals surface area contributed by atoms with E-state index in [-0.39, 0.29) is 11.9 Å². The number of benzene rings is 1. The topological polar surface area (TPSA) is 72.7 Å². The lowest BCUT2D eigenvalue weighted by atomic mass is 10.2. The number of tetrazole rings is 1. The van der Waals surface area contributed by atoms with Crippen LogP contribution in [0.15, 0.2) is 41.4 Å². The number of hydrogen-bond donors (Lipinski definition) is 1. The van der Waals surface area contributed by atoms with E-state index < -0.39 is 0 Å². The van der Waals surface area contributed by atoms with Gasteiger partial charge in [-0.05, 0) is 29.5 Å². The van der Waals surface area contributed by atoms with Crippen LogP contribution in [-0.4, -0.2) is 26.1 Å². The van der Waals surface area contributed by atoms with Crippen molar-refractivity contribution >= 4 is 27.8 Å². The van der Waals surface area contributed by atoms with E-state index in [4.69, 9.17) is 0 Å². The molecule has 1 amide bonds. The van der Waals surface area contributed by atoms with Gasteiger partial charge in [0.05, 0.1) is 6.54 Å². The number of allylic oxidation sites excluding steroid dienone is 1. The van der Waals surface area contributed by atoms with E-state index in [9.17, 15) is 4.79 Å². The number of carbonyl (C=O) groups excluding carboxylic acids is 1. The molecule has 0 saturated heterocycles. The summed E-state index contributed by atoms with van der Waals surface area (Å²) in [7, 11) is 0. The molecule has 0 spiro atoms. The second-order valence-corrected chi connectivity index (χ2v) is 4.33. The molecule has 1 aromatic carbocycles. The summed E-state index contributed by atoms with van der Waals surface area (Å²) >= 11 is 3.30. The Hall–Kier alpha value is -2.02. The Labute approximate surface area is 112 Å². The van der Waals surface area contributed by atoms with E-state index >= 15 is 0 Å². The first-order valence-electron chi connectivity index (χ1n) is 5.14. The third-order valence-electron chi connectivity index (χ3n) is 2.08. The fourth-order valence-electron chi connectivity index (χ4n) is 1.26. The molecule has 18 heavy (non-hydrogen) atoms. The van der Waals surface area contributed by atoms with E-state index in [2.05, 4.69) is 43.2 Å². The molecule has 0 unspecified atom stereocenters. The zero-order valence-corrected chi connectivity index (χ0v) is 11.0. The van der Waals surface area contributed by atoms with Crippen LogP contribution >= 0.6 is 15.9 Å². The van der Waals surface area contributed by atoms with Gasteiger partial charge >= 0.3 is 0 Å². The maximum Gasteiger partial charge on any atom is 0.270 e. The Bertz CT molecular complexity index is 563. The maximum atomic E-state index is 11.8. The number of hydrogen-bond acceptors (Lipinski definition) is 4. The quantitative estimate of drug-likeness (QED) is 0.875. The van der Waals surface area contributed by atoms with Crippen LogP contribution < -0.4 is 5.32 Å². The molecule has 2 rings (SSSR count). The van der Waals surface area contributed by atoms with E-state index in [1.807, 2.05) is 0 Å². The third kappa shape index (κ3) is 3.01. The van der Waals surface area contributed by atoms with Crippen LogP contribution in [0.2, 0.25) is 0 Å². The molecule has 0 atom stereocenters. The number of nitrogens with zero attached hydrogens (tertiary/aromatic N) is 4. The van der Waals surface area contributed by atoms with Gasteiger partial charge in [0, 0.05) is 10.0 Å². The van der Waals surface area contributed by atoms with Crippen molar-refractivity contribution < 1.29 is 4.79 Å². The summed E-state index contributed by atoms with van der Waals surface area (Å²) in [5.41, 5.74) is 0.526. The molecule has 92 valence electrons. The fraction of sp³-hybridized carbons (Fsp3) is 0.0909. The standard InChI is InChI=1S/C11H10BrN5O/c1-2-7-17-15-11(14-16-17)13-10(18)8-3-5-9(12)6-4-8/h2-6H,1,7H2,(H,13,15,18). The van der Waals surface area contributed by atoms with E-state index in [0.29, 0.717) is 12.1 Å². The van der Waals surface area contributed by atoms with Crippen molar-refractivity contribution in [3.05, 3.63) is 47.0 Å². The van der Waals surface area contributed by atoms with Crippen molar-refractivity contribution in [1.29, 1.82) is 0 Å². The van der Waals surface area contributed by atoms with Crippen molar-refractivity contribution in [3.63, 3.8) is 0 Å². The number of amides is 1. The number of rotatable bonds is 4. The van der Waals surface area contributed by atoms with Gasteiger partial charge in [-0.15, -0.1) is 11.7 Å². The minimum atomic E-state index is -0.277. The van der Waals surface area contributed by atoms with E-state index in [1.54, 1.807) is 30.3 Å². The lowest BCUT2D eigenvalue weighted by Gasteiger charge is -2.00. The van der Waals surface area contributed by atoms with Gasteiger partial charge in [-0.25, -0.2) is 0 Å². The lowest BCUT2D eigenvalue weighted by molar-refractivity contribution is 0.102. The summed E-state index contributed by atoms with van der Waals surface area (Å²) in [5, 5.41) is 14.0. The van der Waals surface area contributed by atoms with Crippen molar-refractivity contribution in [1.82, 2.24) is 20.2 Å². The third-order valence-corrected chi connectivity index (χ3v) is 2.61. The summed E-state index contributed by atoms with van der Waals surface area (Å²) < 4.78 is 0.911. The highest BCUT2D eigenvalue weighted by atomic mass is 79.9. The summed E-state index contributed by atoms with van der Waals surface area (Å²) in [6.45, 7) is 4.01. The van der Waals surface area contributed by atoms with Gasteiger partial charge in [0.15, 0.2) is 0 Å². The molecule has 0 fully saturated rings. The largest absolute Gasteiger partial charge is 0.288 e. The predicted molar refractivity (Wildman–Crippen MR) is 70.1 cm³/mol. The summed E-state index contributed by atoms with van der Waals surface area (Å²) in [6, 6.07) is 6.98. The minimum absolute atomic E-state index is 0.171. The zero-order chi connectivity index (χ0) is 13.0. The Morgan fingerprint density at radius 3 is 2.83 bits per heavy atom. The van der Waals surface area contributed by atoms with Crippen molar-refractivity contribution in [2.75, 3.05) is 5.32 Å². The van der Waals surface area contributed by atoms with Gasteiger partial charge in [-0.1, -0.05) is 27.1 Å². The Morgan fingerprint density at radius 2 is 2.17 bits per heavy atom. The van der Waals surface area contributed by atoms with Crippen molar-refractivity contribution in [3.8, 4) is 0 Å². The SMILES string of the molecule is C=CCn1nnc(NC(=O)c2ccc(Br)cc2)n1. The first kappa shape index (κ1) is 12.4. The first-order valence-corrected chi connectivity index (χ1v) is 5.94. The highest BCUT2D eigenvalue weighted by Crippen LogP contribution is 2.11. The van der Waals surface area contributed by atoms with Gasteiger partial charge < -0.3 is 0 Å². The summed E-state index contributed by atoms with van der Waals surface area (Å²) in [6.07, 6.45) is 1.64. The van der Waals surface area contributed by atoms with E-state index in [1.165, 1.54) is 4.80 Å². The number of nitrogens with one attached hydrogen (secondary N) is 1. The molecule has 0 aliphatic carbocycles. The van der Waals surface area contributed by atoms with Crippen LogP contribution in [0.25, 0.3) is 0 Å². The molecule has 2 aromatic rings. The van der Waals surface area contributed by atoms with Crippen LogP contribution in [-0.2, 0) is 6.54 Å². The zero-order valence-electron chi connectivity index (χ0n) is 9.38. The second kappa shape index (κ2) is 5.54. The fourth-order valence-corrected chi connectivity index (χ4v) is 1.53. The van der Waals surface area contributed by atoms with Crippen LogP contribution in [0, 0.1) is 0 Å². The van der Waals surface area contributed by atoms with Crippen LogP contribution in [0.5, 0.6) is 0 Å². The number of anilines is 1. The number of aromatic nitrogens is 4. The molecule has 0 saturated carbocycles. The second-order valence-electron chi connectivity index (χ2n) is 3.42. The van der Waals surface area contributed by atoms with Crippen LogP contribution in [0.1, 0.15) is 10.4 Å². The smallest absolute Gasteiger partial charge is 0.270 e. The molecular weight excluding hydrogens is 298 g/mol. The monoisotopic (exact) mass is 307 g/mol. The highest BCUT2D eigenvalue weighted by Gasteiger charge is 2.09. The highest BCUT2D eigenvalue weighted by molar-refractivity contribution is 9.10. The average molecular weight is 308 g/mol. The molecule has 1 aromatic heterocycles. The lowest BCUT2D eigenvalue weighted by Crippen LogP contribution is -2.13. The van der Waals surface area contributed by atoms with E-state index in [0.717, 1.165) is 4.47 Å². The van der Waals surface area contributed by atoms with Gasteiger partial charge in [0.25, 0.3) is 11.9 Å². The Balaban J connectivity index is 2.06.